The lowest BCUT2D eigenvalue weighted by molar-refractivity contribution is 0.338. The van der Waals surface area contributed by atoms with E-state index in [4.69, 9.17) is 4.52 Å². The Kier molecular flexibility index (Phi) is 4.77. The summed E-state index contributed by atoms with van der Waals surface area (Å²) in [5.41, 5.74) is 3.60. The minimum Gasteiger partial charge on any atom is -0.361 e. The van der Waals surface area contributed by atoms with Gasteiger partial charge in [0.2, 0.25) is 10.0 Å². The number of sulfonamides is 1. The molecule has 0 N–H and O–H groups in total. The average Bonchev–Trinajstić information content (AvgIpc) is 3.18. The van der Waals surface area contributed by atoms with Gasteiger partial charge >= 0.3 is 0 Å². The second kappa shape index (κ2) is 6.57. The number of aromatic nitrogens is 1. The van der Waals surface area contributed by atoms with Gasteiger partial charge in [-0.2, -0.15) is 4.31 Å². The highest BCUT2D eigenvalue weighted by atomic mass is 32.2. The Balaban J connectivity index is 2.00. The zero-order chi connectivity index (χ0) is 18.4. The zero-order valence-electron chi connectivity index (χ0n) is 15.5. The van der Waals surface area contributed by atoms with E-state index in [0.717, 1.165) is 35.3 Å². The highest BCUT2D eigenvalue weighted by Gasteiger charge is 2.38. The Bertz CT molecular complexity index is 884. The predicted octanol–water partition coefficient (Wildman–Crippen LogP) is 4.25. The lowest BCUT2D eigenvalue weighted by Gasteiger charge is -2.24. The molecule has 2 aromatic rings. The molecule has 2 heterocycles. The molecule has 1 atom stereocenters. The number of nitrogens with zero attached hydrogens (tertiary/aromatic N) is 2. The fourth-order valence-corrected chi connectivity index (χ4v) is 5.36. The highest BCUT2D eigenvalue weighted by molar-refractivity contribution is 7.89. The maximum Gasteiger partial charge on any atom is 0.243 e. The van der Waals surface area contributed by atoms with Gasteiger partial charge in [-0.1, -0.05) is 25.1 Å². The van der Waals surface area contributed by atoms with Crippen LogP contribution < -0.4 is 0 Å². The number of hydrogen-bond acceptors (Lipinski definition) is 4. The number of benzene rings is 1. The maximum absolute atomic E-state index is 13.3. The molecule has 25 heavy (non-hydrogen) atoms. The summed E-state index contributed by atoms with van der Waals surface area (Å²) in [5.74, 6) is 1.02. The van der Waals surface area contributed by atoms with Crippen LogP contribution in [0.1, 0.15) is 66.8 Å². The van der Waals surface area contributed by atoms with Crippen LogP contribution in [0.25, 0.3) is 0 Å². The van der Waals surface area contributed by atoms with Gasteiger partial charge in [-0.3, -0.25) is 0 Å². The summed E-state index contributed by atoms with van der Waals surface area (Å²) in [6.07, 6.45) is 1.60. The fraction of sp³-hybridized carbons (Fsp3) is 0.526. The van der Waals surface area contributed by atoms with Gasteiger partial charge in [-0.15, -0.1) is 0 Å². The van der Waals surface area contributed by atoms with Gasteiger partial charge in [-0.25, -0.2) is 8.42 Å². The van der Waals surface area contributed by atoms with Crippen LogP contribution in [0.5, 0.6) is 0 Å². The summed E-state index contributed by atoms with van der Waals surface area (Å²) in [6.45, 7) is 10.4. The summed E-state index contributed by atoms with van der Waals surface area (Å²) in [4.78, 5) is 0.398. The Morgan fingerprint density at radius 3 is 2.44 bits per heavy atom. The van der Waals surface area contributed by atoms with Crippen molar-refractivity contribution in [1.29, 1.82) is 0 Å². The van der Waals surface area contributed by atoms with E-state index in [1.807, 2.05) is 46.8 Å². The van der Waals surface area contributed by atoms with Crippen LogP contribution in [0.15, 0.2) is 27.6 Å². The van der Waals surface area contributed by atoms with Crippen molar-refractivity contribution in [3.8, 4) is 0 Å². The first-order valence-electron chi connectivity index (χ1n) is 8.78. The molecule has 0 spiro atoms. The summed E-state index contributed by atoms with van der Waals surface area (Å²) >= 11 is 0. The smallest absolute Gasteiger partial charge is 0.243 e. The Morgan fingerprint density at radius 1 is 1.12 bits per heavy atom. The summed E-state index contributed by atoms with van der Waals surface area (Å²) in [5, 5.41) is 4.15. The van der Waals surface area contributed by atoms with Crippen LogP contribution in [0.3, 0.4) is 0 Å². The lowest BCUT2D eigenvalue weighted by atomic mass is 10.1. The molecule has 3 rings (SSSR count). The number of rotatable bonds is 4. The van der Waals surface area contributed by atoms with Gasteiger partial charge in [-0.05, 0) is 56.4 Å². The zero-order valence-corrected chi connectivity index (χ0v) is 16.4. The van der Waals surface area contributed by atoms with Crippen LogP contribution in [0, 0.1) is 20.8 Å². The number of hydrogen-bond donors (Lipinski definition) is 0. The molecule has 0 radical (unpaired) electrons. The van der Waals surface area contributed by atoms with Crippen LogP contribution >= 0.6 is 0 Å². The van der Waals surface area contributed by atoms with E-state index in [-0.39, 0.29) is 12.0 Å². The SMILES string of the molecule is Cc1cc(C)c(S(=O)(=O)N2CCC[C@@H]2c2cc(C(C)C)on2)cc1C. The van der Waals surface area contributed by atoms with Crippen molar-refractivity contribution in [2.45, 2.75) is 64.3 Å². The summed E-state index contributed by atoms with van der Waals surface area (Å²) < 4.78 is 33.6. The molecule has 1 aromatic heterocycles. The van der Waals surface area contributed by atoms with Crippen molar-refractivity contribution in [1.82, 2.24) is 9.46 Å². The minimum atomic E-state index is -3.57. The first-order chi connectivity index (χ1) is 11.7. The monoisotopic (exact) mass is 362 g/mol. The molecule has 1 saturated heterocycles. The van der Waals surface area contributed by atoms with E-state index < -0.39 is 10.0 Å². The molecule has 5 nitrogen and oxygen atoms in total. The Hall–Kier alpha value is -1.66. The quantitative estimate of drug-likeness (QED) is 0.816. The van der Waals surface area contributed by atoms with Crippen LogP contribution in [0.4, 0.5) is 0 Å². The van der Waals surface area contributed by atoms with E-state index in [1.165, 1.54) is 0 Å². The molecular weight excluding hydrogens is 336 g/mol. The third-order valence-electron chi connectivity index (χ3n) is 5.04. The van der Waals surface area contributed by atoms with E-state index in [2.05, 4.69) is 5.16 Å². The molecule has 0 bridgehead atoms. The molecule has 136 valence electrons. The normalized spacial score (nSPS) is 19.0. The molecule has 1 aliphatic heterocycles. The van der Waals surface area contributed by atoms with Crippen molar-refractivity contribution in [3.05, 3.63) is 46.3 Å². The molecule has 0 amide bonds. The molecule has 1 fully saturated rings. The van der Waals surface area contributed by atoms with Crippen molar-refractivity contribution in [2.75, 3.05) is 6.54 Å². The van der Waals surface area contributed by atoms with E-state index in [1.54, 1.807) is 10.4 Å². The largest absolute Gasteiger partial charge is 0.361 e. The van der Waals surface area contributed by atoms with Gasteiger partial charge < -0.3 is 4.52 Å². The van der Waals surface area contributed by atoms with Gasteiger partial charge in [0.1, 0.15) is 11.5 Å². The van der Waals surface area contributed by atoms with Crippen molar-refractivity contribution in [3.63, 3.8) is 0 Å². The second-order valence-electron chi connectivity index (χ2n) is 7.28. The van der Waals surface area contributed by atoms with Gasteiger partial charge in [0.05, 0.1) is 10.9 Å². The molecular formula is C19H26N2O3S. The third kappa shape index (κ3) is 3.25. The summed E-state index contributed by atoms with van der Waals surface area (Å²) in [7, 11) is -3.57. The van der Waals surface area contributed by atoms with Crippen molar-refractivity contribution in [2.24, 2.45) is 0 Å². The predicted molar refractivity (Wildman–Crippen MR) is 97.1 cm³/mol. The fourth-order valence-electron chi connectivity index (χ4n) is 3.39. The molecule has 0 aliphatic carbocycles. The average molecular weight is 362 g/mol. The number of aryl methyl sites for hydroxylation is 3. The van der Waals surface area contributed by atoms with Crippen LogP contribution in [-0.2, 0) is 10.0 Å². The molecule has 1 aromatic carbocycles. The van der Waals surface area contributed by atoms with E-state index in [9.17, 15) is 8.42 Å². The van der Waals surface area contributed by atoms with E-state index >= 15 is 0 Å². The highest BCUT2D eigenvalue weighted by Crippen LogP contribution is 2.38. The van der Waals surface area contributed by atoms with Gasteiger partial charge in [0.25, 0.3) is 0 Å². The van der Waals surface area contributed by atoms with Crippen molar-refractivity contribution >= 4 is 10.0 Å². The Morgan fingerprint density at radius 2 is 1.80 bits per heavy atom. The van der Waals surface area contributed by atoms with Gasteiger partial charge in [0.15, 0.2) is 0 Å². The topological polar surface area (TPSA) is 63.4 Å². The Labute approximate surface area is 150 Å². The first kappa shape index (κ1) is 18.1. The lowest BCUT2D eigenvalue weighted by Crippen LogP contribution is -2.31. The van der Waals surface area contributed by atoms with Crippen molar-refractivity contribution < 1.29 is 12.9 Å². The second-order valence-corrected chi connectivity index (χ2v) is 9.14. The third-order valence-corrected chi connectivity index (χ3v) is 7.09. The summed E-state index contributed by atoms with van der Waals surface area (Å²) in [6, 6.07) is 5.39. The standard InChI is InChI=1S/C19H26N2O3S/c1-12(2)18-11-16(20-24-18)17-7-6-8-21(17)25(22,23)19-10-14(4)13(3)9-15(19)5/h9-12,17H,6-8H2,1-5H3/t17-/m1/s1. The van der Waals surface area contributed by atoms with Crippen LogP contribution in [0.2, 0.25) is 0 Å². The first-order valence-corrected chi connectivity index (χ1v) is 10.2. The molecule has 6 heteroatoms. The molecule has 0 unspecified atom stereocenters. The maximum atomic E-state index is 13.3. The van der Waals surface area contributed by atoms with Gasteiger partial charge in [0, 0.05) is 18.5 Å². The molecule has 0 saturated carbocycles. The minimum absolute atomic E-state index is 0.231. The van der Waals surface area contributed by atoms with Crippen LogP contribution in [-0.4, -0.2) is 24.4 Å². The molecule has 1 aliphatic rings. The van der Waals surface area contributed by atoms with E-state index in [0.29, 0.717) is 17.1 Å².